The van der Waals surface area contributed by atoms with Crippen molar-refractivity contribution >= 4 is 38.3 Å². The summed E-state index contributed by atoms with van der Waals surface area (Å²) >= 11 is 0. The molecule has 0 aliphatic heterocycles. The third kappa shape index (κ3) is 2.63. The Kier molecular flexibility index (Phi) is 4.05. The number of hydrogen-bond donors (Lipinski definition) is 0. The minimum absolute atomic E-state index is 0.118. The van der Waals surface area contributed by atoms with Crippen LogP contribution in [0.4, 0.5) is 5.69 Å². The summed E-state index contributed by atoms with van der Waals surface area (Å²) in [5, 5.41) is 16.0. The van der Waals surface area contributed by atoms with Crippen LogP contribution in [0.15, 0.2) is 109 Å². The van der Waals surface area contributed by atoms with Gasteiger partial charge in [0.1, 0.15) is 0 Å². The summed E-state index contributed by atoms with van der Waals surface area (Å²) in [5.74, 6) is 0. The molecule has 0 bridgehead atoms. The van der Waals surface area contributed by atoms with Gasteiger partial charge in [0.05, 0.1) is 21.5 Å². The smallest absolute Gasteiger partial charge is 0.277 e. The lowest BCUT2D eigenvalue weighted by Crippen LogP contribution is -1.95. The van der Waals surface area contributed by atoms with Gasteiger partial charge < -0.3 is 4.57 Å². The number of nitrogens with zero attached hydrogens (tertiary/aromatic N) is 2. The highest BCUT2D eigenvalue weighted by molar-refractivity contribution is 6.19. The van der Waals surface area contributed by atoms with E-state index in [4.69, 9.17) is 0 Å². The van der Waals surface area contributed by atoms with E-state index in [2.05, 4.69) is 34.9 Å². The van der Waals surface area contributed by atoms with Gasteiger partial charge in [-0.15, -0.1) is 0 Å². The highest BCUT2D eigenvalue weighted by Crippen LogP contribution is 2.44. The Morgan fingerprint density at radius 3 is 2.12 bits per heavy atom. The fraction of sp³-hybridized carbons (Fsp3) is 0. The molecule has 6 aromatic rings. The van der Waals surface area contributed by atoms with Crippen LogP contribution in [0.3, 0.4) is 0 Å². The second kappa shape index (κ2) is 7.06. The zero-order valence-electron chi connectivity index (χ0n) is 17.1. The quantitative estimate of drug-likeness (QED) is 0.222. The van der Waals surface area contributed by atoms with Crippen LogP contribution in [0.1, 0.15) is 0 Å². The molecule has 1 heterocycles. The van der Waals surface area contributed by atoms with Crippen LogP contribution < -0.4 is 0 Å². The van der Waals surface area contributed by atoms with Crippen LogP contribution in [-0.2, 0) is 0 Å². The van der Waals surface area contributed by atoms with E-state index in [1.165, 1.54) is 0 Å². The number of rotatable bonds is 3. The van der Waals surface area contributed by atoms with Crippen molar-refractivity contribution in [2.45, 2.75) is 0 Å². The van der Waals surface area contributed by atoms with E-state index in [-0.39, 0.29) is 10.6 Å². The minimum Gasteiger partial charge on any atom is -0.309 e. The molecular weight excluding hydrogens is 396 g/mol. The predicted octanol–water partition coefficient (Wildman–Crippen LogP) is 7.51. The molecule has 152 valence electrons. The number of hydrogen-bond acceptors (Lipinski definition) is 2. The molecule has 0 atom stereocenters. The molecule has 0 aliphatic carbocycles. The molecule has 0 unspecified atom stereocenters. The molecule has 5 aromatic carbocycles. The Morgan fingerprint density at radius 2 is 1.31 bits per heavy atom. The highest BCUT2D eigenvalue weighted by atomic mass is 16.6. The maximum Gasteiger partial charge on any atom is 0.277 e. The first-order valence-corrected chi connectivity index (χ1v) is 10.5. The number of aromatic nitrogens is 1. The van der Waals surface area contributed by atoms with Crippen molar-refractivity contribution in [1.82, 2.24) is 4.57 Å². The Bertz CT molecular complexity index is 1650. The summed E-state index contributed by atoms with van der Waals surface area (Å²) in [6, 6.07) is 35.8. The van der Waals surface area contributed by atoms with Gasteiger partial charge in [-0.05, 0) is 46.7 Å². The lowest BCUT2D eigenvalue weighted by atomic mass is 9.93. The number of benzene rings is 5. The SMILES string of the molecule is O=[N+]([O-])c1ccc2ccccc2c1-c1cccc2c1c1ccccc1n2-c1ccccc1. The van der Waals surface area contributed by atoms with E-state index in [0.29, 0.717) is 5.56 Å². The fourth-order valence-corrected chi connectivity index (χ4v) is 4.78. The molecule has 0 saturated heterocycles. The Balaban J connectivity index is 1.82. The average molecular weight is 414 g/mol. The first-order valence-electron chi connectivity index (χ1n) is 10.5. The summed E-state index contributed by atoms with van der Waals surface area (Å²) in [6.45, 7) is 0. The molecule has 0 fully saturated rings. The molecule has 0 spiro atoms. The van der Waals surface area contributed by atoms with Gasteiger partial charge in [-0.2, -0.15) is 0 Å². The number of nitro benzene ring substituents is 1. The molecule has 0 amide bonds. The zero-order valence-corrected chi connectivity index (χ0v) is 17.1. The second-order valence-corrected chi connectivity index (χ2v) is 7.83. The van der Waals surface area contributed by atoms with Gasteiger partial charge in [0.2, 0.25) is 0 Å². The zero-order chi connectivity index (χ0) is 21.7. The Hall–Kier alpha value is -4.44. The van der Waals surface area contributed by atoms with E-state index >= 15 is 0 Å². The lowest BCUT2D eigenvalue weighted by Gasteiger charge is -2.11. The Labute approximate surface area is 184 Å². The fourth-order valence-electron chi connectivity index (χ4n) is 4.78. The summed E-state index contributed by atoms with van der Waals surface area (Å²) in [7, 11) is 0. The number of nitro groups is 1. The Morgan fingerprint density at radius 1 is 0.625 bits per heavy atom. The molecule has 4 nitrogen and oxygen atoms in total. The highest BCUT2D eigenvalue weighted by Gasteiger charge is 2.23. The first kappa shape index (κ1) is 18.3. The van der Waals surface area contributed by atoms with Crippen LogP contribution in [0.25, 0.3) is 49.4 Å². The third-order valence-electron chi connectivity index (χ3n) is 6.09. The average Bonchev–Trinajstić information content (AvgIpc) is 3.18. The molecule has 0 N–H and O–H groups in total. The number of fused-ring (bicyclic) bond motifs is 4. The van der Waals surface area contributed by atoms with Crippen LogP contribution in [0.2, 0.25) is 0 Å². The number of para-hydroxylation sites is 2. The van der Waals surface area contributed by atoms with Gasteiger partial charge in [-0.3, -0.25) is 10.1 Å². The van der Waals surface area contributed by atoms with Crippen molar-refractivity contribution in [3.05, 3.63) is 119 Å². The van der Waals surface area contributed by atoms with Gasteiger partial charge in [0.15, 0.2) is 0 Å². The van der Waals surface area contributed by atoms with Crippen LogP contribution >= 0.6 is 0 Å². The molecule has 6 rings (SSSR count). The van der Waals surface area contributed by atoms with Gasteiger partial charge in [0, 0.05) is 22.5 Å². The standard InChI is InChI=1S/C28H18N2O2/c31-30(32)26-18-17-19-9-4-5-12-21(19)27(26)23-14-8-16-25-28(23)22-13-6-7-15-24(22)29(25)20-10-2-1-3-11-20/h1-18H. The van der Waals surface area contributed by atoms with E-state index in [1.54, 1.807) is 6.07 Å². The van der Waals surface area contributed by atoms with Crippen molar-refractivity contribution in [2.24, 2.45) is 0 Å². The topological polar surface area (TPSA) is 48.1 Å². The molecule has 32 heavy (non-hydrogen) atoms. The minimum atomic E-state index is -0.281. The third-order valence-corrected chi connectivity index (χ3v) is 6.09. The summed E-state index contributed by atoms with van der Waals surface area (Å²) in [6.07, 6.45) is 0. The molecule has 0 radical (unpaired) electrons. The first-order chi connectivity index (χ1) is 15.7. The largest absolute Gasteiger partial charge is 0.309 e. The van der Waals surface area contributed by atoms with Gasteiger partial charge >= 0.3 is 0 Å². The van der Waals surface area contributed by atoms with Crippen LogP contribution in [0, 0.1) is 10.1 Å². The molecule has 0 saturated carbocycles. The van der Waals surface area contributed by atoms with E-state index in [1.807, 2.05) is 72.8 Å². The van der Waals surface area contributed by atoms with Gasteiger partial charge in [-0.1, -0.05) is 72.8 Å². The van der Waals surface area contributed by atoms with Crippen LogP contribution in [0.5, 0.6) is 0 Å². The van der Waals surface area contributed by atoms with Gasteiger partial charge in [-0.25, -0.2) is 0 Å². The molecule has 1 aromatic heterocycles. The van der Waals surface area contributed by atoms with Crippen molar-refractivity contribution in [1.29, 1.82) is 0 Å². The molecule has 0 aliphatic rings. The normalized spacial score (nSPS) is 11.4. The van der Waals surface area contributed by atoms with Gasteiger partial charge in [0.25, 0.3) is 5.69 Å². The summed E-state index contributed by atoms with van der Waals surface area (Å²) in [4.78, 5) is 11.8. The maximum absolute atomic E-state index is 12.1. The second-order valence-electron chi connectivity index (χ2n) is 7.83. The summed E-state index contributed by atoms with van der Waals surface area (Å²) in [5.41, 5.74) is 4.81. The maximum atomic E-state index is 12.1. The summed E-state index contributed by atoms with van der Waals surface area (Å²) < 4.78 is 2.23. The van der Waals surface area contributed by atoms with Crippen molar-refractivity contribution < 1.29 is 4.92 Å². The monoisotopic (exact) mass is 414 g/mol. The van der Waals surface area contributed by atoms with Crippen molar-refractivity contribution in [3.63, 3.8) is 0 Å². The molecule has 4 heteroatoms. The lowest BCUT2D eigenvalue weighted by molar-refractivity contribution is -0.384. The van der Waals surface area contributed by atoms with Crippen LogP contribution in [-0.4, -0.2) is 9.49 Å². The van der Waals surface area contributed by atoms with Crippen molar-refractivity contribution in [2.75, 3.05) is 0 Å². The molecular formula is C28H18N2O2. The van der Waals surface area contributed by atoms with E-state index < -0.39 is 0 Å². The predicted molar refractivity (Wildman–Crippen MR) is 130 cm³/mol. The van der Waals surface area contributed by atoms with E-state index in [9.17, 15) is 10.1 Å². The van der Waals surface area contributed by atoms with Crippen molar-refractivity contribution in [3.8, 4) is 16.8 Å². The van der Waals surface area contributed by atoms with E-state index in [0.717, 1.165) is 43.8 Å².